The number of alkyl halides is 3. The Morgan fingerprint density at radius 1 is 1.45 bits per heavy atom. The molecule has 11 heavy (non-hydrogen) atoms. The number of likely N-dealkylation sites (tertiary alicyclic amines) is 1. The maximum atomic E-state index is 12.1. The molecule has 1 unspecified atom stereocenters. The van der Waals surface area contributed by atoms with Crippen molar-refractivity contribution in [2.24, 2.45) is 0 Å². The fourth-order valence-corrected chi connectivity index (χ4v) is 1.53. The van der Waals surface area contributed by atoms with Gasteiger partial charge in [0.15, 0.2) is 0 Å². The van der Waals surface area contributed by atoms with Gasteiger partial charge in [-0.05, 0) is 12.8 Å². The molecule has 1 aliphatic heterocycles. The molecule has 1 atom stereocenters. The third kappa shape index (κ3) is 2.36. The van der Waals surface area contributed by atoms with Crippen LogP contribution in [0, 0.1) is 0 Å². The first-order valence-electron chi connectivity index (χ1n) is 3.82. The van der Waals surface area contributed by atoms with E-state index in [1.807, 2.05) is 0 Å². The maximum Gasteiger partial charge on any atom is 0.240 e. The SMILES string of the molecule is FCN1CCCC1CC(F)F. The van der Waals surface area contributed by atoms with Crippen LogP contribution >= 0.6 is 0 Å². The van der Waals surface area contributed by atoms with Gasteiger partial charge in [0.2, 0.25) is 6.43 Å². The molecule has 1 aliphatic rings. The molecule has 4 heteroatoms. The van der Waals surface area contributed by atoms with Crippen LogP contribution in [0.25, 0.3) is 0 Å². The van der Waals surface area contributed by atoms with Crippen LogP contribution in [0.15, 0.2) is 0 Å². The molecule has 66 valence electrons. The fraction of sp³-hybridized carbons (Fsp3) is 1.00. The monoisotopic (exact) mass is 167 g/mol. The van der Waals surface area contributed by atoms with Gasteiger partial charge in [0, 0.05) is 19.0 Å². The molecule has 1 saturated heterocycles. The van der Waals surface area contributed by atoms with E-state index in [-0.39, 0.29) is 12.5 Å². The largest absolute Gasteiger partial charge is 0.273 e. The van der Waals surface area contributed by atoms with Crippen LogP contribution in [0.3, 0.4) is 0 Å². The van der Waals surface area contributed by atoms with Crippen molar-refractivity contribution in [3.63, 3.8) is 0 Å². The molecule has 1 heterocycles. The highest BCUT2D eigenvalue weighted by Gasteiger charge is 2.26. The summed E-state index contributed by atoms with van der Waals surface area (Å²) in [6, 6.07) is -0.222. The maximum absolute atomic E-state index is 12.1. The quantitative estimate of drug-likeness (QED) is 0.581. The van der Waals surface area contributed by atoms with Crippen molar-refractivity contribution in [1.82, 2.24) is 4.90 Å². The topological polar surface area (TPSA) is 3.24 Å². The number of hydrogen-bond acceptors (Lipinski definition) is 1. The molecule has 0 bridgehead atoms. The Kier molecular flexibility index (Phi) is 3.17. The lowest BCUT2D eigenvalue weighted by molar-refractivity contribution is 0.0802. The molecule has 0 aromatic carbocycles. The van der Waals surface area contributed by atoms with E-state index < -0.39 is 13.2 Å². The lowest BCUT2D eigenvalue weighted by atomic mass is 10.1. The summed E-state index contributed by atoms with van der Waals surface area (Å²) in [5, 5.41) is 0. The van der Waals surface area contributed by atoms with Crippen molar-refractivity contribution in [3.05, 3.63) is 0 Å². The molecule has 0 aromatic heterocycles. The summed E-state index contributed by atoms with van der Waals surface area (Å²) in [7, 11) is 0. The van der Waals surface area contributed by atoms with Crippen LogP contribution in [0.4, 0.5) is 13.2 Å². The summed E-state index contributed by atoms with van der Waals surface area (Å²) < 4.78 is 35.8. The third-order valence-corrected chi connectivity index (χ3v) is 2.10. The van der Waals surface area contributed by atoms with E-state index in [9.17, 15) is 13.2 Å². The highest BCUT2D eigenvalue weighted by atomic mass is 19.3. The minimum Gasteiger partial charge on any atom is -0.273 e. The van der Waals surface area contributed by atoms with E-state index in [1.165, 1.54) is 4.90 Å². The number of nitrogens with zero attached hydrogens (tertiary/aromatic N) is 1. The van der Waals surface area contributed by atoms with E-state index in [0.717, 1.165) is 6.42 Å². The minimum absolute atomic E-state index is 0.177. The van der Waals surface area contributed by atoms with Crippen molar-refractivity contribution in [3.8, 4) is 0 Å². The molecular formula is C7H12F3N. The summed E-state index contributed by atoms with van der Waals surface area (Å²) in [6.45, 7) is 0.0469. The summed E-state index contributed by atoms with van der Waals surface area (Å²) in [6.07, 6.45) is -0.911. The Bertz CT molecular complexity index is 118. The average Bonchev–Trinajstić information content (AvgIpc) is 2.34. The van der Waals surface area contributed by atoms with Gasteiger partial charge in [-0.1, -0.05) is 0 Å². The standard InChI is InChI=1S/C7H12F3N/c8-5-11-3-1-2-6(11)4-7(9)10/h6-7H,1-5H2. The average molecular weight is 167 g/mol. The van der Waals surface area contributed by atoms with Crippen molar-refractivity contribution < 1.29 is 13.2 Å². The van der Waals surface area contributed by atoms with E-state index in [4.69, 9.17) is 0 Å². The molecule has 1 rings (SSSR count). The second-order valence-corrected chi connectivity index (χ2v) is 2.85. The lowest BCUT2D eigenvalue weighted by Crippen LogP contribution is -2.30. The zero-order valence-corrected chi connectivity index (χ0v) is 6.27. The Morgan fingerprint density at radius 2 is 2.18 bits per heavy atom. The highest BCUT2D eigenvalue weighted by molar-refractivity contribution is 4.77. The molecule has 1 nitrogen and oxygen atoms in total. The number of halogens is 3. The van der Waals surface area contributed by atoms with Crippen LogP contribution in [0.2, 0.25) is 0 Å². The Morgan fingerprint density at radius 3 is 2.73 bits per heavy atom. The third-order valence-electron chi connectivity index (χ3n) is 2.10. The van der Waals surface area contributed by atoms with Crippen molar-refractivity contribution in [2.75, 3.05) is 13.3 Å². The molecule has 0 amide bonds. The van der Waals surface area contributed by atoms with Gasteiger partial charge >= 0.3 is 0 Å². The fourth-order valence-electron chi connectivity index (χ4n) is 1.53. The van der Waals surface area contributed by atoms with E-state index in [1.54, 1.807) is 0 Å². The van der Waals surface area contributed by atoms with Crippen LogP contribution in [-0.2, 0) is 0 Å². The molecule has 0 aliphatic carbocycles. The summed E-state index contributed by atoms with van der Waals surface area (Å²) >= 11 is 0. The first-order chi connectivity index (χ1) is 5.24. The Labute approximate surface area is 64.2 Å². The van der Waals surface area contributed by atoms with Crippen LogP contribution in [0.5, 0.6) is 0 Å². The summed E-state index contributed by atoms with van der Waals surface area (Å²) in [5.74, 6) is 0. The van der Waals surface area contributed by atoms with Crippen molar-refractivity contribution >= 4 is 0 Å². The van der Waals surface area contributed by atoms with Gasteiger partial charge in [0.05, 0.1) is 0 Å². The number of hydrogen-bond donors (Lipinski definition) is 0. The van der Waals surface area contributed by atoms with Gasteiger partial charge in [0.1, 0.15) is 6.80 Å². The Hall–Kier alpha value is -0.250. The molecule has 1 fully saturated rings. The van der Waals surface area contributed by atoms with Crippen LogP contribution in [0.1, 0.15) is 19.3 Å². The molecule has 0 aromatic rings. The molecule has 0 N–H and O–H groups in total. The van der Waals surface area contributed by atoms with E-state index >= 15 is 0 Å². The summed E-state index contributed by atoms with van der Waals surface area (Å²) in [5.41, 5.74) is 0. The van der Waals surface area contributed by atoms with Crippen molar-refractivity contribution in [1.29, 1.82) is 0 Å². The van der Waals surface area contributed by atoms with Gasteiger partial charge in [-0.3, -0.25) is 4.90 Å². The lowest BCUT2D eigenvalue weighted by Gasteiger charge is -2.19. The van der Waals surface area contributed by atoms with E-state index in [0.29, 0.717) is 13.0 Å². The van der Waals surface area contributed by atoms with Crippen LogP contribution < -0.4 is 0 Å². The predicted molar refractivity (Wildman–Crippen MR) is 36.3 cm³/mol. The second kappa shape index (κ2) is 3.95. The zero-order valence-electron chi connectivity index (χ0n) is 6.27. The molecule has 0 radical (unpaired) electrons. The predicted octanol–water partition coefficient (Wildman–Crippen LogP) is 2.03. The molecule has 0 spiro atoms. The zero-order chi connectivity index (χ0) is 8.27. The van der Waals surface area contributed by atoms with E-state index in [2.05, 4.69) is 0 Å². The summed E-state index contributed by atoms with van der Waals surface area (Å²) in [4.78, 5) is 1.48. The smallest absolute Gasteiger partial charge is 0.240 e. The first kappa shape index (κ1) is 8.84. The molecular weight excluding hydrogens is 155 g/mol. The number of rotatable bonds is 3. The van der Waals surface area contributed by atoms with Crippen LogP contribution in [-0.4, -0.2) is 30.7 Å². The van der Waals surface area contributed by atoms with Gasteiger partial charge in [-0.2, -0.15) is 0 Å². The Balaban J connectivity index is 2.31. The van der Waals surface area contributed by atoms with Gasteiger partial charge in [-0.25, -0.2) is 13.2 Å². The van der Waals surface area contributed by atoms with Crippen molar-refractivity contribution in [2.45, 2.75) is 31.7 Å². The molecule has 0 saturated carbocycles. The highest BCUT2D eigenvalue weighted by Crippen LogP contribution is 2.22. The van der Waals surface area contributed by atoms with Gasteiger partial charge in [-0.15, -0.1) is 0 Å². The second-order valence-electron chi connectivity index (χ2n) is 2.85. The minimum atomic E-state index is -2.30. The van der Waals surface area contributed by atoms with Gasteiger partial charge in [0.25, 0.3) is 0 Å². The normalized spacial score (nSPS) is 26.7. The first-order valence-corrected chi connectivity index (χ1v) is 3.82. The van der Waals surface area contributed by atoms with Gasteiger partial charge < -0.3 is 0 Å².